The molecule has 28 heavy (non-hydrogen) atoms. The van der Waals surface area contributed by atoms with Gasteiger partial charge in [0, 0.05) is 6.42 Å². The van der Waals surface area contributed by atoms with Gasteiger partial charge in [-0.2, -0.15) is 0 Å². The number of hydrogen-bond acceptors (Lipinski definition) is 6. The lowest BCUT2D eigenvalue weighted by atomic mass is 9.92. The third kappa shape index (κ3) is 4.86. The predicted octanol–water partition coefficient (Wildman–Crippen LogP) is 3.63. The second-order valence-corrected chi connectivity index (χ2v) is 7.51. The predicted molar refractivity (Wildman–Crippen MR) is 107 cm³/mol. The van der Waals surface area contributed by atoms with Crippen molar-refractivity contribution in [2.45, 2.75) is 32.2 Å². The van der Waals surface area contributed by atoms with Crippen LogP contribution in [0, 0.1) is 0 Å². The molecule has 1 atom stereocenters. The van der Waals surface area contributed by atoms with Crippen molar-refractivity contribution in [1.29, 1.82) is 0 Å². The topological polar surface area (TPSA) is 81.4 Å². The molecule has 7 heteroatoms. The van der Waals surface area contributed by atoms with Crippen LogP contribution in [0.2, 0.25) is 0 Å². The molecule has 2 aromatic heterocycles. The molecule has 1 amide bonds. The highest BCUT2D eigenvalue weighted by Crippen LogP contribution is 2.24. The first-order valence-electron chi connectivity index (χ1n) is 9.00. The van der Waals surface area contributed by atoms with E-state index < -0.39 is 11.5 Å². The van der Waals surface area contributed by atoms with Crippen LogP contribution in [0.25, 0.3) is 10.8 Å². The van der Waals surface area contributed by atoms with Gasteiger partial charge < -0.3 is 14.5 Å². The minimum absolute atomic E-state index is 0.0126. The second kappa shape index (κ2) is 8.84. The van der Waals surface area contributed by atoms with Crippen molar-refractivity contribution in [1.82, 2.24) is 10.3 Å². The van der Waals surface area contributed by atoms with Crippen LogP contribution in [0.3, 0.4) is 0 Å². The van der Waals surface area contributed by atoms with Crippen molar-refractivity contribution in [3.05, 3.63) is 65.4 Å². The Balaban J connectivity index is 1.71. The summed E-state index contributed by atoms with van der Waals surface area (Å²) < 4.78 is 10.6. The zero-order valence-corrected chi connectivity index (χ0v) is 16.6. The Hall–Kier alpha value is -2.93. The molecule has 3 aromatic rings. The van der Waals surface area contributed by atoms with E-state index >= 15 is 0 Å². The van der Waals surface area contributed by atoms with Gasteiger partial charge in [0.15, 0.2) is 0 Å². The maximum Gasteiger partial charge on any atom is 0.331 e. The fourth-order valence-electron chi connectivity index (χ4n) is 2.88. The maximum atomic E-state index is 12.6. The highest BCUT2D eigenvalue weighted by molar-refractivity contribution is 7.13. The average Bonchev–Trinajstić information content (AvgIpc) is 3.34. The van der Waals surface area contributed by atoms with Crippen molar-refractivity contribution in [2.75, 3.05) is 6.61 Å². The van der Waals surface area contributed by atoms with E-state index in [2.05, 4.69) is 10.3 Å². The molecule has 0 saturated carbocycles. The number of benzene rings is 1. The highest BCUT2D eigenvalue weighted by Gasteiger charge is 2.36. The number of amides is 1. The van der Waals surface area contributed by atoms with Gasteiger partial charge >= 0.3 is 5.97 Å². The van der Waals surface area contributed by atoms with Crippen molar-refractivity contribution in [3.8, 4) is 10.8 Å². The van der Waals surface area contributed by atoms with Crippen molar-refractivity contribution in [2.24, 2.45) is 0 Å². The fraction of sp³-hybridized carbons (Fsp3) is 0.286. The van der Waals surface area contributed by atoms with Crippen molar-refractivity contribution < 1.29 is 18.7 Å². The zero-order chi connectivity index (χ0) is 20.0. The number of nitrogens with zero attached hydrogens (tertiary/aromatic N) is 1. The standard InChI is InChI=1S/C21H22N2O4S/c1-3-26-20(25)21(2,13-15-8-5-4-6-9-15)23-18(24)12-16-14-27-19(22-16)17-10-7-11-28-17/h4-11,14H,3,12-13H2,1-2H3,(H,23,24)/t21-/m1/s1. The van der Waals surface area contributed by atoms with Gasteiger partial charge in [0.05, 0.1) is 23.6 Å². The van der Waals surface area contributed by atoms with E-state index in [0.717, 1.165) is 10.4 Å². The summed E-state index contributed by atoms with van der Waals surface area (Å²) in [5.74, 6) is -0.306. The monoisotopic (exact) mass is 398 g/mol. The highest BCUT2D eigenvalue weighted by atomic mass is 32.1. The minimum Gasteiger partial charge on any atom is -0.464 e. The molecule has 1 aromatic carbocycles. The molecule has 6 nitrogen and oxygen atoms in total. The van der Waals surface area contributed by atoms with Crippen molar-refractivity contribution in [3.63, 3.8) is 0 Å². The molecule has 0 saturated heterocycles. The second-order valence-electron chi connectivity index (χ2n) is 6.56. The quantitative estimate of drug-likeness (QED) is 0.586. The first-order chi connectivity index (χ1) is 13.5. The van der Waals surface area contributed by atoms with E-state index in [1.807, 2.05) is 47.8 Å². The van der Waals surface area contributed by atoms with Gasteiger partial charge in [-0.3, -0.25) is 4.79 Å². The largest absolute Gasteiger partial charge is 0.464 e. The number of rotatable bonds is 8. The number of aromatic nitrogens is 1. The van der Waals surface area contributed by atoms with E-state index in [-0.39, 0.29) is 18.9 Å². The summed E-state index contributed by atoms with van der Waals surface area (Å²) in [6, 6.07) is 13.3. The SMILES string of the molecule is CCOC(=O)[C@@](C)(Cc1ccccc1)NC(=O)Cc1coc(-c2cccs2)n1. The number of carbonyl (C=O) groups is 2. The number of hydrogen-bond donors (Lipinski definition) is 1. The Morgan fingerprint density at radius 1 is 1.21 bits per heavy atom. The smallest absolute Gasteiger partial charge is 0.331 e. The van der Waals surface area contributed by atoms with Gasteiger partial charge in [0.2, 0.25) is 11.8 Å². The first kappa shape index (κ1) is 19.8. The van der Waals surface area contributed by atoms with Gasteiger partial charge in [0.25, 0.3) is 0 Å². The molecule has 0 bridgehead atoms. The number of ether oxygens (including phenoxy) is 1. The summed E-state index contributed by atoms with van der Waals surface area (Å²) in [6.45, 7) is 3.66. The Morgan fingerprint density at radius 2 is 2.00 bits per heavy atom. The number of oxazole rings is 1. The molecule has 2 heterocycles. The molecule has 0 fully saturated rings. The summed E-state index contributed by atoms with van der Waals surface area (Å²) >= 11 is 1.51. The maximum absolute atomic E-state index is 12.6. The van der Waals surface area contributed by atoms with Gasteiger partial charge in [-0.1, -0.05) is 36.4 Å². The molecule has 0 unspecified atom stereocenters. The number of thiophene rings is 1. The summed E-state index contributed by atoms with van der Waals surface area (Å²) in [5, 5.41) is 4.76. The number of carbonyl (C=O) groups excluding carboxylic acids is 2. The summed E-state index contributed by atoms with van der Waals surface area (Å²) in [6.07, 6.45) is 1.81. The molecular formula is C21H22N2O4S. The van der Waals surface area contributed by atoms with Crippen LogP contribution in [-0.2, 0) is 27.2 Å². The van der Waals surface area contributed by atoms with E-state index in [1.165, 1.54) is 17.6 Å². The van der Waals surface area contributed by atoms with Crippen LogP contribution >= 0.6 is 11.3 Å². The van der Waals surface area contributed by atoms with Gasteiger partial charge in [-0.05, 0) is 30.9 Å². The minimum atomic E-state index is -1.17. The lowest BCUT2D eigenvalue weighted by Gasteiger charge is -2.28. The van der Waals surface area contributed by atoms with Gasteiger partial charge in [0.1, 0.15) is 11.8 Å². The fourth-order valence-corrected chi connectivity index (χ4v) is 3.54. The molecule has 0 aliphatic rings. The molecule has 3 rings (SSSR count). The Labute approximate surface area is 167 Å². The Bertz CT molecular complexity index is 921. The van der Waals surface area contributed by atoms with E-state index in [1.54, 1.807) is 13.8 Å². The van der Waals surface area contributed by atoms with Crippen LogP contribution in [0.5, 0.6) is 0 Å². The third-order valence-corrected chi connectivity index (χ3v) is 5.03. The molecule has 0 radical (unpaired) electrons. The molecule has 146 valence electrons. The Kier molecular flexibility index (Phi) is 6.26. The lowest BCUT2D eigenvalue weighted by molar-refractivity contribution is -0.152. The lowest BCUT2D eigenvalue weighted by Crippen LogP contribution is -2.55. The normalized spacial score (nSPS) is 12.9. The number of nitrogens with one attached hydrogen (secondary N) is 1. The van der Waals surface area contributed by atoms with Gasteiger partial charge in [-0.15, -0.1) is 11.3 Å². The van der Waals surface area contributed by atoms with E-state index in [4.69, 9.17) is 9.15 Å². The molecule has 0 aliphatic carbocycles. The van der Waals surface area contributed by atoms with Crippen LogP contribution in [0.1, 0.15) is 25.1 Å². The van der Waals surface area contributed by atoms with Crippen LogP contribution in [-0.4, -0.2) is 29.0 Å². The number of esters is 1. The molecule has 0 spiro atoms. The van der Waals surface area contributed by atoms with Crippen LogP contribution in [0.4, 0.5) is 0 Å². The summed E-state index contributed by atoms with van der Waals surface area (Å²) in [7, 11) is 0. The summed E-state index contributed by atoms with van der Waals surface area (Å²) in [4.78, 5) is 30.4. The van der Waals surface area contributed by atoms with E-state index in [9.17, 15) is 9.59 Å². The molecular weight excluding hydrogens is 376 g/mol. The first-order valence-corrected chi connectivity index (χ1v) is 9.88. The Morgan fingerprint density at radius 3 is 2.68 bits per heavy atom. The van der Waals surface area contributed by atoms with Crippen molar-refractivity contribution >= 4 is 23.2 Å². The van der Waals surface area contributed by atoms with E-state index in [0.29, 0.717) is 18.0 Å². The van der Waals surface area contributed by atoms with Gasteiger partial charge in [-0.25, -0.2) is 9.78 Å². The average molecular weight is 398 g/mol. The molecule has 1 N–H and O–H groups in total. The zero-order valence-electron chi connectivity index (χ0n) is 15.8. The molecule has 0 aliphatic heterocycles. The summed E-state index contributed by atoms with van der Waals surface area (Å²) in [5.41, 5.74) is 0.265. The third-order valence-electron chi connectivity index (χ3n) is 4.17. The van der Waals surface area contributed by atoms with Crippen LogP contribution < -0.4 is 5.32 Å². The van der Waals surface area contributed by atoms with Crippen LogP contribution in [0.15, 0.2) is 58.5 Å².